The van der Waals surface area contributed by atoms with E-state index in [9.17, 15) is 14.4 Å². The summed E-state index contributed by atoms with van der Waals surface area (Å²) < 4.78 is 2.97. The zero-order valence-electron chi connectivity index (χ0n) is 13.5. The molecule has 1 heterocycles. The van der Waals surface area contributed by atoms with Gasteiger partial charge in [0.1, 0.15) is 6.29 Å². The monoisotopic (exact) mass is 334 g/mol. The third-order valence-corrected chi connectivity index (χ3v) is 4.96. The number of hydrogen-bond donors (Lipinski definition) is 1. The Balaban J connectivity index is 1.80. The van der Waals surface area contributed by atoms with Crippen molar-refractivity contribution in [2.75, 3.05) is 12.8 Å². The van der Waals surface area contributed by atoms with Crippen LogP contribution in [0.1, 0.15) is 24.0 Å². The van der Waals surface area contributed by atoms with Crippen LogP contribution in [0.3, 0.4) is 0 Å². The first-order valence-electron chi connectivity index (χ1n) is 7.66. The van der Waals surface area contributed by atoms with Gasteiger partial charge in [0, 0.05) is 38.1 Å². The van der Waals surface area contributed by atoms with Crippen molar-refractivity contribution in [2.24, 2.45) is 5.92 Å². The molecule has 6 heteroatoms. The van der Waals surface area contributed by atoms with E-state index < -0.39 is 6.04 Å². The summed E-state index contributed by atoms with van der Waals surface area (Å²) in [5, 5.41) is 0. The molecule has 1 unspecified atom stereocenters. The second-order valence-electron chi connectivity index (χ2n) is 5.91. The van der Waals surface area contributed by atoms with Gasteiger partial charge in [0.2, 0.25) is 5.91 Å². The summed E-state index contributed by atoms with van der Waals surface area (Å²) in [4.78, 5) is 36.8. The summed E-state index contributed by atoms with van der Waals surface area (Å²) in [6, 6.07) is 7.57. The van der Waals surface area contributed by atoms with Crippen molar-refractivity contribution in [1.82, 2.24) is 9.62 Å². The third-order valence-electron chi connectivity index (χ3n) is 3.99. The molecule has 1 amide bonds. The van der Waals surface area contributed by atoms with E-state index in [0.29, 0.717) is 12.3 Å². The van der Waals surface area contributed by atoms with E-state index >= 15 is 0 Å². The molecule has 1 fully saturated rings. The number of nitrogens with one attached hydrogen (secondary N) is 1. The SMILES string of the molecule is Cc1ccc(CN(C)C(=O)CCC(=O)C2NSC[C@H]2C=O)cc1. The highest BCUT2D eigenvalue weighted by molar-refractivity contribution is 7.97. The molecule has 0 aliphatic carbocycles. The average molecular weight is 334 g/mol. The highest BCUT2D eigenvalue weighted by atomic mass is 32.2. The Morgan fingerprint density at radius 1 is 1.30 bits per heavy atom. The number of ketones is 1. The van der Waals surface area contributed by atoms with Crippen LogP contribution >= 0.6 is 11.9 Å². The predicted octanol–water partition coefficient (Wildman–Crippen LogP) is 1.74. The largest absolute Gasteiger partial charge is 0.341 e. The lowest BCUT2D eigenvalue weighted by Gasteiger charge is -2.18. The molecule has 0 radical (unpaired) electrons. The maximum absolute atomic E-state index is 12.2. The number of rotatable bonds is 7. The van der Waals surface area contributed by atoms with E-state index in [0.717, 1.165) is 11.8 Å². The predicted molar refractivity (Wildman–Crippen MR) is 90.8 cm³/mol. The summed E-state index contributed by atoms with van der Waals surface area (Å²) in [7, 11) is 1.74. The van der Waals surface area contributed by atoms with Gasteiger partial charge < -0.3 is 9.69 Å². The second kappa shape index (κ2) is 8.26. The summed E-state index contributed by atoms with van der Waals surface area (Å²) in [6.45, 7) is 2.55. The molecule has 1 aromatic carbocycles. The Morgan fingerprint density at radius 2 is 2.00 bits per heavy atom. The van der Waals surface area contributed by atoms with Crippen LogP contribution in [0.15, 0.2) is 24.3 Å². The van der Waals surface area contributed by atoms with E-state index in [-0.39, 0.29) is 30.4 Å². The molecule has 0 bridgehead atoms. The van der Waals surface area contributed by atoms with E-state index in [1.165, 1.54) is 17.5 Å². The first kappa shape index (κ1) is 17.7. The van der Waals surface area contributed by atoms with Gasteiger partial charge in [0.15, 0.2) is 5.78 Å². The number of amides is 1. The minimum absolute atomic E-state index is 0.0628. The third kappa shape index (κ3) is 4.91. The Morgan fingerprint density at radius 3 is 2.65 bits per heavy atom. The van der Waals surface area contributed by atoms with Crippen molar-refractivity contribution >= 4 is 29.9 Å². The van der Waals surface area contributed by atoms with Crippen molar-refractivity contribution in [3.05, 3.63) is 35.4 Å². The van der Waals surface area contributed by atoms with Gasteiger partial charge in [0.05, 0.1) is 6.04 Å². The summed E-state index contributed by atoms with van der Waals surface area (Å²) >= 11 is 1.39. The van der Waals surface area contributed by atoms with Crippen LogP contribution in [-0.2, 0) is 20.9 Å². The summed E-state index contributed by atoms with van der Waals surface area (Å²) in [6.07, 6.45) is 1.16. The van der Waals surface area contributed by atoms with Crippen molar-refractivity contribution in [3.63, 3.8) is 0 Å². The van der Waals surface area contributed by atoms with Crippen molar-refractivity contribution in [1.29, 1.82) is 0 Å². The van der Waals surface area contributed by atoms with Gasteiger partial charge in [-0.1, -0.05) is 41.8 Å². The summed E-state index contributed by atoms with van der Waals surface area (Å²) in [5.74, 6) is 0.200. The van der Waals surface area contributed by atoms with E-state index in [2.05, 4.69) is 4.72 Å². The number of carbonyl (C=O) groups excluding carboxylic acids is 3. The fourth-order valence-electron chi connectivity index (χ4n) is 2.47. The lowest BCUT2D eigenvalue weighted by atomic mass is 9.97. The molecule has 1 N–H and O–H groups in total. The van der Waals surface area contributed by atoms with Crippen LogP contribution < -0.4 is 4.72 Å². The quantitative estimate of drug-likeness (QED) is 0.608. The van der Waals surface area contributed by atoms with Crippen molar-refractivity contribution in [2.45, 2.75) is 32.4 Å². The molecule has 23 heavy (non-hydrogen) atoms. The normalized spacial score (nSPS) is 20.3. The fourth-order valence-corrected chi connectivity index (χ4v) is 3.52. The smallest absolute Gasteiger partial charge is 0.223 e. The molecule has 2 rings (SSSR count). The molecule has 124 valence electrons. The van der Waals surface area contributed by atoms with Crippen LogP contribution in [0.4, 0.5) is 0 Å². The fraction of sp³-hybridized carbons (Fsp3) is 0.471. The van der Waals surface area contributed by atoms with E-state index in [1.54, 1.807) is 11.9 Å². The van der Waals surface area contributed by atoms with Gasteiger partial charge in [0.25, 0.3) is 0 Å². The Labute approximate surface area is 140 Å². The second-order valence-corrected chi connectivity index (χ2v) is 6.77. The average Bonchev–Trinajstić information content (AvgIpc) is 3.03. The molecule has 5 nitrogen and oxygen atoms in total. The van der Waals surface area contributed by atoms with Crippen LogP contribution in [0.2, 0.25) is 0 Å². The first-order valence-corrected chi connectivity index (χ1v) is 8.64. The number of aldehydes is 1. The maximum Gasteiger partial charge on any atom is 0.223 e. The highest BCUT2D eigenvalue weighted by Gasteiger charge is 2.32. The van der Waals surface area contributed by atoms with Gasteiger partial charge in [-0.05, 0) is 12.5 Å². The molecule has 1 aliphatic heterocycles. The zero-order chi connectivity index (χ0) is 16.8. The molecule has 0 aromatic heterocycles. The van der Waals surface area contributed by atoms with Gasteiger partial charge in [-0.15, -0.1) is 0 Å². The number of aryl methyl sites for hydroxylation is 1. The molecule has 1 aromatic rings. The maximum atomic E-state index is 12.2. The molecule has 2 atom stereocenters. The lowest BCUT2D eigenvalue weighted by molar-refractivity contribution is -0.133. The van der Waals surface area contributed by atoms with Gasteiger partial charge in [-0.25, -0.2) is 0 Å². The van der Waals surface area contributed by atoms with Gasteiger partial charge in [-0.2, -0.15) is 0 Å². The zero-order valence-corrected chi connectivity index (χ0v) is 14.3. The highest BCUT2D eigenvalue weighted by Crippen LogP contribution is 2.21. The minimum Gasteiger partial charge on any atom is -0.341 e. The van der Waals surface area contributed by atoms with Crippen LogP contribution in [0.25, 0.3) is 0 Å². The Hall–Kier alpha value is -1.66. The van der Waals surface area contributed by atoms with E-state index in [4.69, 9.17) is 0 Å². The van der Waals surface area contributed by atoms with Crippen molar-refractivity contribution < 1.29 is 14.4 Å². The summed E-state index contributed by atoms with van der Waals surface area (Å²) in [5.41, 5.74) is 2.24. The Kier molecular flexibility index (Phi) is 6.36. The number of carbonyl (C=O) groups is 3. The van der Waals surface area contributed by atoms with Crippen LogP contribution in [0, 0.1) is 12.8 Å². The van der Waals surface area contributed by atoms with E-state index in [1.807, 2.05) is 31.2 Å². The number of hydrogen-bond acceptors (Lipinski definition) is 5. The lowest BCUT2D eigenvalue weighted by Crippen LogP contribution is -2.36. The van der Waals surface area contributed by atoms with Crippen LogP contribution in [-0.4, -0.2) is 41.7 Å². The first-order chi connectivity index (χ1) is 11.0. The number of nitrogens with zero attached hydrogens (tertiary/aromatic N) is 1. The minimum atomic E-state index is -0.451. The van der Waals surface area contributed by atoms with Gasteiger partial charge in [-0.3, -0.25) is 14.3 Å². The molecular formula is C17H22N2O3S. The number of benzene rings is 1. The molecule has 0 saturated carbocycles. The molecular weight excluding hydrogens is 312 g/mol. The standard InChI is InChI=1S/C17H22N2O3S/c1-12-3-5-13(6-4-12)9-19(2)16(22)8-7-15(21)17-14(10-20)11-23-18-17/h3-6,10,14,17-18H,7-9,11H2,1-2H3/t14-,17?/m1/s1. The molecule has 1 saturated heterocycles. The number of Topliss-reactive ketones (excluding diaryl/α,β-unsaturated/α-hetero) is 1. The molecule has 1 aliphatic rings. The molecule has 0 spiro atoms. The Bertz CT molecular complexity index is 574. The van der Waals surface area contributed by atoms with Crippen molar-refractivity contribution in [3.8, 4) is 0 Å². The van der Waals surface area contributed by atoms with Crippen LogP contribution in [0.5, 0.6) is 0 Å². The van der Waals surface area contributed by atoms with Gasteiger partial charge >= 0.3 is 0 Å². The topological polar surface area (TPSA) is 66.5 Å².